The van der Waals surface area contributed by atoms with Gasteiger partial charge in [-0.05, 0) is 25.3 Å². The molecule has 0 saturated carbocycles. The normalized spacial score (nSPS) is 29.3. The summed E-state index contributed by atoms with van der Waals surface area (Å²) in [5.74, 6) is 0. The highest BCUT2D eigenvalue weighted by Gasteiger charge is 2.52. The number of epoxide rings is 1. The van der Waals surface area contributed by atoms with Crippen molar-refractivity contribution in [2.75, 3.05) is 13.2 Å². The Balaban J connectivity index is 1.58. The van der Waals surface area contributed by atoms with Crippen LogP contribution in [0.5, 0.6) is 0 Å². The fraction of sp³-hybridized carbons (Fsp3) is 0.533. The summed E-state index contributed by atoms with van der Waals surface area (Å²) >= 11 is 0. The average molecular weight is 261 g/mol. The lowest BCUT2D eigenvalue weighted by molar-refractivity contribution is 0.0765. The zero-order valence-electron chi connectivity index (χ0n) is 11.2. The molecule has 0 aromatic heterocycles. The van der Waals surface area contributed by atoms with Gasteiger partial charge < -0.3 is 14.4 Å². The molecule has 2 aliphatic rings. The predicted molar refractivity (Wildman–Crippen MR) is 70.7 cm³/mol. The molecule has 102 valence electrons. The van der Waals surface area contributed by atoms with Crippen LogP contribution in [0.3, 0.4) is 0 Å². The first-order valence-electron chi connectivity index (χ1n) is 6.80. The van der Waals surface area contributed by atoms with E-state index in [4.69, 9.17) is 9.47 Å². The van der Waals surface area contributed by atoms with E-state index in [1.54, 1.807) is 0 Å². The second-order valence-electron chi connectivity index (χ2n) is 5.49. The smallest absolute Gasteiger partial charge is 0.410 e. The zero-order valence-corrected chi connectivity index (χ0v) is 11.2. The van der Waals surface area contributed by atoms with E-state index in [-0.39, 0.29) is 17.7 Å². The summed E-state index contributed by atoms with van der Waals surface area (Å²) in [5, 5.41) is 0. The van der Waals surface area contributed by atoms with Crippen molar-refractivity contribution in [3.05, 3.63) is 35.9 Å². The lowest BCUT2D eigenvalue weighted by atomic mass is 10.0. The predicted octanol–water partition coefficient (Wildman–Crippen LogP) is 2.58. The van der Waals surface area contributed by atoms with Crippen molar-refractivity contribution in [2.45, 2.75) is 38.0 Å². The van der Waals surface area contributed by atoms with Crippen LogP contribution in [0.25, 0.3) is 0 Å². The molecule has 0 N–H and O–H groups in total. The SMILES string of the molecule is C[C@@]1([C@@H]2CCCN2C(=O)OCc2ccccc2)CO1. The maximum atomic E-state index is 12.2. The number of nitrogens with zero attached hydrogens (tertiary/aromatic N) is 1. The Morgan fingerprint density at radius 1 is 1.47 bits per heavy atom. The molecule has 2 fully saturated rings. The maximum absolute atomic E-state index is 12.2. The summed E-state index contributed by atoms with van der Waals surface area (Å²) < 4.78 is 10.9. The van der Waals surface area contributed by atoms with Gasteiger partial charge in [0.2, 0.25) is 0 Å². The first-order valence-corrected chi connectivity index (χ1v) is 6.80. The number of carbonyl (C=O) groups is 1. The van der Waals surface area contributed by atoms with E-state index in [1.165, 1.54) is 0 Å². The Kier molecular flexibility index (Phi) is 3.19. The van der Waals surface area contributed by atoms with Crippen LogP contribution in [0.4, 0.5) is 4.79 Å². The van der Waals surface area contributed by atoms with Gasteiger partial charge in [-0.2, -0.15) is 0 Å². The van der Waals surface area contributed by atoms with E-state index < -0.39 is 0 Å². The average Bonchev–Trinajstić information content (AvgIpc) is 3.00. The summed E-state index contributed by atoms with van der Waals surface area (Å²) in [7, 11) is 0. The molecular formula is C15H19NO3. The Morgan fingerprint density at radius 3 is 2.89 bits per heavy atom. The van der Waals surface area contributed by atoms with E-state index in [0.29, 0.717) is 6.61 Å². The third kappa shape index (κ3) is 2.59. The van der Waals surface area contributed by atoms with Crippen LogP contribution in [-0.2, 0) is 16.1 Å². The number of benzene rings is 1. The Hall–Kier alpha value is -1.55. The van der Waals surface area contributed by atoms with Gasteiger partial charge in [-0.15, -0.1) is 0 Å². The third-order valence-electron chi connectivity index (χ3n) is 4.00. The van der Waals surface area contributed by atoms with E-state index in [2.05, 4.69) is 6.92 Å². The van der Waals surface area contributed by atoms with E-state index in [9.17, 15) is 4.79 Å². The van der Waals surface area contributed by atoms with Crippen LogP contribution in [0, 0.1) is 0 Å². The van der Waals surface area contributed by atoms with Gasteiger partial charge in [0.1, 0.15) is 12.2 Å². The number of hydrogen-bond donors (Lipinski definition) is 0. The third-order valence-corrected chi connectivity index (χ3v) is 4.00. The molecule has 0 spiro atoms. The molecule has 0 aliphatic carbocycles. The van der Waals surface area contributed by atoms with Crippen molar-refractivity contribution in [2.24, 2.45) is 0 Å². The van der Waals surface area contributed by atoms with Crippen molar-refractivity contribution >= 4 is 6.09 Å². The van der Waals surface area contributed by atoms with E-state index in [1.807, 2.05) is 35.2 Å². The molecule has 2 atom stereocenters. The number of ether oxygens (including phenoxy) is 2. The minimum atomic E-state index is -0.219. The summed E-state index contributed by atoms with van der Waals surface area (Å²) in [6.07, 6.45) is 1.82. The van der Waals surface area contributed by atoms with Gasteiger partial charge in [0.25, 0.3) is 0 Å². The van der Waals surface area contributed by atoms with Crippen LogP contribution < -0.4 is 0 Å². The molecule has 2 saturated heterocycles. The highest BCUT2D eigenvalue weighted by Crippen LogP contribution is 2.38. The van der Waals surface area contributed by atoms with Crippen LogP contribution in [0.2, 0.25) is 0 Å². The maximum Gasteiger partial charge on any atom is 0.410 e. The minimum Gasteiger partial charge on any atom is -0.445 e. The minimum absolute atomic E-state index is 0.137. The quantitative estimate of drug-likeness (QED) is 0.785. The number of carbonyl (C=O) groups excluding carboxylic acids is 1. The Labute approximate surface area is 113 Å². The molecule has 0 radical (unpaired) electrons. The molecule has 1 aromatic carbocycles. The molecule has 0 unspecified atom stereocenters. The molecule has 19 heavy (non-hydrogen) atoms. The molecule has 2 aliphatic heterocycles. The van der Waals surface area contributed by atoms with Gasteiger partial charge in [-0.25, -0.2) is 4.79 Å². The van der Waals surface area contributed by atoms with Crippen molar-refractivity contribution < 1.29 is 14.3 Å². The number of hydrogen-bond acceptors (Lipinski definition) is 3. The second kappa shape index (κ2) is 4.85. The van der Waals surface area contributed by atoms with Gasteiger partial charge in [0, 0.05) is 6.54 Å². The van der Waals surface area contributed by atoms with Gasteiger partial charge in [0.05, 0.1) is 12.6 Å². The monoisotopic (exact) mass is 261 g/mol. The highest BCUT2D eigenvalue weighted by atomic mass is 16.6. The van der Waals surface area contributed by atoms with Crippen molar-refractivity contribution in [1.29, 1.82) is 0 Å². The van der Waals surface area contributed by atoms with Crippen LogP contribution in [0.1, 0.15) is 25.3 Å². The van der Waals surface area contributed by atoms with E-state index >= 15 is 0 Å². The number of rotatable bonds is 3. The molecular weight excluding hydrogens is 242 g/mol. The molecule has 3 rings (SSSR count). The number of amides is 1. The summed E-state index contributed by atoms with van der Waals surface area (Å²) in [6.45, 7) is 3.93. The molecule has 4 nitrogen and oxygen atoms in total. The first kappa shape index (κ1) is 12.5. The lowest BCUT2D eigenvalue weighted by Crippen LogP contribution is -2.43. The second-order valence-corrected chi connectivity index (χ2v) is 5.49. The molecule has 4 heteroatoms. The lowest BCUT2D eigenvalue weighted by Gasteiger charge is -2.26. The summed E-state index contributed by atoms with van der Waals surface area (Å²) in [5.41, 5.74) is 0.878. The standard InChI is InChI=1S/C15H19NO3/c1-15(11-19-15)13-8-5-9-16(13)14(17)18-10-12-6-3-2-4-7-12/h2-4,6-7,13H,5,8-11H2,1H3/t13-,15-/m0/s1. The molecule has 2 heterocycles. The molecule has 1 amide bonds. The van der Waals surface area contributed by atoms with Crippen LogP contribution >= 0.6 is 0 Å². The first-order chi connectivity index (χ1) is 9.19. The number of likely N-dealkylation sites (tertiary alicyclic amines) is 1. The fourth-order valence-corrected chi connectivity index (χ4v) is 2.73. The summed E-state index contributed by atoms with van der Waals surface area (Å²) in [6, 6.07) is 9.94. The van der Waals surface area contributed by atoms with Crippen LogP contribution in [0.15, 0.2) is 30.3 Å². The van der Waals surface area contributed by atoms with Gasteiger partial charge >= 0.3 is 6.09 Å². The van der Waals surface area contributed by atoms with Gasteiger partial charge in [-0.1, -0.05) is 30.3 Å². The Bertz CT molecular complexity index is 456. The van der Waals surface area contributed by atoms with Crippen molar-refractivity contribution in [1.82, 2.24) is 4.90 Å². The van der Waals surface area contributed by atoms with Crippen molar-refractivity contribution in [3.63, 3.8) is 0 Å². The molecule has 1 aromatic rings. The van der Waals surface area contributed by atoms with Crippen molar-refractivity contribution in [3.8, 4) is 0 Å². The van der Waals surface area contributed by atoms with Crippen LogP contribution in [-0.4, -0.2) is 35.8 Å². The topological polar surface area (TPSA) is 42.1 Å². The zero-order chi connectivity index (χ0) is 13.3. The van der Waals surface area contributed by atoms with Gasteiger partial charge in [-0.3, -0.25) is 0 Å². The molecule has 0 bridgehead atoms. The largest absolute Gasteiger partial charge is 0.445 e. The summed E-state index contributed by atoms with van der Waals surface area (Å²) in [4.78, 5) is 14.0. The van der Waals surface area contributed by atoms with E-state index in [0.717, 1.165) is 31.6 Å². The Morgan fingerprint density at radius 2 is 2.21 bits per heavy atom. The van der Waals surface area contributed by atoms with Gasteiger partial charge in [0.15, 0.2) is 0 Å². The fourth-order valence-electron chi connectivity index (χ4n) is 2.73. The highest BCUT2D eigenvalue weighted by molar-refractivity contribution is 5.68.